The van der Waals surface area contributed by atoms with Crippen LogP contribution >= 0.6 is 0 Å². The second-order valence-corrected chi connectivity index (χ2v) is 4.40. The Bertz CT molecular complexity index is 481. The van der Waals surface area contributed by atoms with Gasteiger partial charge in [-0.05, 0) is 17.5 Å². The number of nitrogens with zero attached hydrogens (tertiary/aromatic N) is 2. The number of nitrogens with one attached hydrogen (secondary N) is 1. The minimum atomic E-state index is 0.677. The Kier molecular flexibility index (Phi) is 2.88. The Morgan fingerprint density at radius 1 is 1.35 bits per heavy atom. The van der Waals surface area contributed by atoms with Crippen LogP contribution in [-0.2, 0) is 12.8 Å². The van der Waals surface area contributed by atoms with Crippen LogP contribution in [0.3, 0.4) is 0 Å². The van der Waals surface area contributed by atoms with Gasteiger partial charge >= 0.3 is 0 Å². The number of aromatic nitrogens is 2. The highest BCUT2D eigenvalue weighted by atomic mass is 16.5. The molecule has 1 aliphatic rings. The minimum absolute atomic E-state index is 0.677. The zero-order chi connectivity index (χ0) is 11.5. The van der Waals surface area contributed by atoms with Gasteiger partial charge in [-0.2, -0.15) is 4.98 Å². The smallest absolute Gasteiger partial charge is 0.213 e. The molecule has 17 heavy (non-hydrogen) atoms. The highest BCUT2D eigenvalue weighted by molar-refractivity contribution is 5.40. The van der Waals surface area contributed by atoms with Crippen LogP contribution < -0.4 is 5.32 Å². The lowest BCUT2D eigenvalue weighted by atomic mass is 9.77. The lowest BCUT2D eigenvalue weighted by Gasteiger charge is -2.30. The van der Waals surface area contributed by atoms with E-state index >= 15 is 0 Å². The molecular weight excluding hydrogens is 214 g/mol. The third-order valence-electron chi connectivity index (χ3n) is 3.28. The summed E-state index contributed by atoms with van der Waals surface area (Å²) in [6, 6.07) is 8.67. The Labute approximate surface area is 100 Å². The fourth-order valence-electron chi connectivity index (χ4n) is 2.32. The Morgan fingerprint density at radius 3 is 3.12 bits per heavy atom. The quantitative estimate of drug-likeness (QED) is 0.790. The average molecular weight is 229 g/mol. The van der Waals surface area contributed by atoms with Gasteiger partial charge in [0.1, 0.15) is 0 Å². The van der Waals surface area contributed by atoms with Crippen LogP contribution in [-0.4, -0.2) is 23.2 Å². The molecule has 0 radical (unpaired) electrons. The van der Waals surface area contributed by atoms with Crippen molar-refractivity contribution in [2.24, 2.45) is 0 Å². The molecular formula is C13H15N3O. The molecule has 1 atom stereocenters. The molecule has 0 amide bonds. The Hall–Kier alpha value is -1.68. The molecule has 0 saturated carbocycles. The van der Waals surface area contributed by atoms with Crippen LogP contribution in [0.25, 0.3) is 0 Å². The van der Waals surface area contributed by atoms with Crippen LogP contribution in [0, 0.1) is 0 Å². The van der Waals surface area contributed by atoms with Gasteiger partial charge in [0.2, 0.25) is 6.39 Å². The molecule has 0 bridgehead atoms. The minimum Gasteiger partial charge on any atom is -0.343 e. The molecule has 0 spiro atoms. The molecule has 0 saturated heterocycles. The van der Waals surface area contributed by atoms with E-state index in [4.69, 9.17) is 0 Å². The van der Waals surface area contributed by atoms with Crippen molar-refractivity contribution in [3.63, 3.8) is 0 Å². The molecule has 1 aromatic carbocycles. The molecule has 4 nitrogen and oxygen atoms in total. The molecule has 0 fully saturated rings. The van der Waals surface area contributed by atoms with Crippen LogP contribution in [0.4, 0.5) is 0 Å². The first-order valence-electron chi connectivity index (χ1n) is 5.97. The fraction of sp³-hybridized carbons (Fsp3) is 0.385. The molecule has 0 aliphatic heterocycles. The number of hydrogen-bond donors (Lipinski definition) is 1. The lowest BCUT2D eigenvalue weighted by Crippen LogP contribution is -2.30. The van der Waals surface area contributed by atoms with E-state index in [9.17, 15) is 0 Å². The zero-order valence-electron chi connectivity index (χ0n) is 9.60. The molecule has 1 heterocycles. The van der Waals surface area contributed by atoms with Gasteiger partial charge in [-0.1, -0.05) is 29.4 Å². The van der Waals surface area contributed by atoms with E-state index in [1.165, 1.54) is 23.9 Å². The van der Waals surface area contributed by atoms with Crippen molar-refractivity contribution in [3.05, 3.63) is 47.6 Å². The van der Waals surface area contributed by atoms with Crippen molar-refractivity contribution >= 4 is 0 Å². The summed E-state index contributed by atoms with van der Waals surface area (Å²) < 4.78 is 4.68. The molecule has 1 aromatic heterocycles. The van der Waals surface area contributed by atoms with Crippen molar-refractivity contribution in [1.29, 1.82) is 0 Å². The number of fused-ring (bicyclic) bond motifs is 1. The maximum atomic E-state index is 4.68. The molecule has 88 valence electrons. The van der Waals surface area contributed by atoms with Crippen LogP contribution in [0.1, 0.15) is 22.9 Å². The first-order chi connectivity index (χ1) is 8.43. The summed E-state index contributed by atoms with van der Waals surface area (Å²) in [7, 11) is 0. The summed E-state index contributed by atoms with van der Waals surface area (Å²) in [6.07, 6.45) is 3.40. The summed E-state index contributed by atoms with van der Waals surface area (Å²) >= 11 is 0. The lowest BCUT2D eigenvalue weighted by molar-refractivity contribution is 0.408. The van der Waals surface area contributed by atoms with E-state index in [1.807, 2.05) is 0 Å². The van der Waals surface area contributed by atoms with Gasteiger partial charge < -0.3 is 9.84 Å². The van der Waals surface area contributed by atoms with E-state index in [0.29, 0.717) is 5.92 Å². The van der Waals surface area contributed by atoms with E-state index in [-0.39, 0.29) is 0 Å². The number of benzene rings is 1. The van der Waals surface area contributed by atoms with Gasteiger partial charge in [-0.3, -0.25) is 0 Å². The second kappa shape index (κ2) is 4.67. The fourth-order valence-corrected chi connectivity index (χ4v) is 2.32. The monoisotopic (exact) mass is 229 g/mol. The van der Waals surface area contributed by atoms with Gasteiger partial charge in [0.15, 0.2) is 5.82 Å². The van der Waals surface area contributed by atoms with Crippen molar-refractivity contribution in [2.75, 3.05) is 13.1 Å². The van der Waals surface area contributed by atoms with Gasteiger partial charge in [0.25, 0.3) is 0 Å². The largest absolute Gasteiger partial charge is 0.343 e. The standard InChI is InChI=1S/C13H15N3O/c1-2-4-12-10(3-1)7-11(12)8-14-6-5-13-15-9-17-16-13/h1-4,9,11,14H,5-8H2. The summed E-state index contributed by atoms with van der Waals surface area (Å²) in [4.78, 5) is 3.99. The van der Waals surface area contributed by atoms with Gasteiger partial charge in [0, 0.05) is 25.4 Å². The van der Waals surface area contributed by atoms with Crippen molar-refractivity contribution in [2.45, 2.75) is 18.8 Å². The van der Waals surface area contributed by atoms with Crippen LogP contribution in [0.15, 0.2) is 35.2 Å². The highest BCUT2D eigenvalue weighted by Crippen LogP contribution is 2.33. The van der Waals surface area contributed by atoms with E-state index in [2.05, 4.69) is 44.2 Å². The topological polar surface area (TPSA) is 51.0 Å². The summed E-state index contributed by atoms with van der Waals surface area (Å²) in [6.45, 7) is 1.94. The molecule has 1 aliphatic carbocycles. The van der Waals surface area contributed by atoms with Crippen molar-refractivity contribution in [3.8, 4) is 0 Å². The van der Waals surface area contributed by atoms with Gasteiger partial charge in [-0.15, -0.1) is 0 Å². The molecule has 2 aromatic rings. The normalized spacial score (nSPS) is 17.5. The first-order valence-corrected chi connectivity index (χ1v) is 5.97. The first kappa shape index (κ1) is 10.5. The predicted octanol–water partition coefficient (Wildman–Crippen LogP) is 1.54. The predicted molar refractivity (Wildman–Crippen MR) is 63.8 cm³/mol. The van der Waals surface area contributed by atoms with Crippen LogP contribution in [0.5, 0.6) is 0 Å². The third-order valence-corrected chi connectivity index (χ3v) is 3.28. The molecule has 1 N–H and O–H groups in total. The Balaban J connectivity index is 1.42. The van der Waals surface area contributed by atoms with Crippen molar-refractivity contribution < 1.29 is 4.52 Å². The molecule has 1 unspecified atom stereocenters. The Morgan fingerprint density at radius 2 is 2.29 bits per heavy atom. The maximum Gasteiger partial charge on any atom is 0.213 e. The van der Waals surface area contributed by atoms with Gasteiger partial charge in [-0.25, -0.2) is 0 Å². The molecule has 4 heteroatoms. The number of rotatable bonds is 5. The zero-order valence-corrected chi connectivity index (χ0v) is 9.60. The van der Waals surface area contributed by atoms with E-state index in [0.717, 1.165) is 25.3 Å². The molecule has 3 rings (SSSR count). The second-order valence-electron chi connectivity index (χ2n) is 4.40. The number of hydrogen-bond acceptors (Lipinski definition) is 4. The summed E-state index contributed by atoms with van der Waals surface area (Å²) in [5, 5.41) is 7.22. The van der Waals surface area contributed by atoms with E-state index in [1.54, 1.807) is 0 Å². The van der Waals surface area contributed by atoms with Crippen LogP contribution in [0.2, 0.25) is 0 Å². The van der Waals surface area contributed by atoms with E-state index < -0.39 is 0 Å². The maximum absolute atomic E-state index is 4.68. The average Bonchev–Trinajstić information content (AvgIpc) is 2.82. The third kappa shape index (κ3) is 2.22. The highest BCUT2D eigenvalue weighted by Gasteiger charge is 2.24. The summed E-state index contributed by atoms with van der Waals surface area (Å²) in [5.74, 6) is 1.45. The SMILES string of the molecule is c1ccc2c(c1)CC2CNCCc1ncon1. The van der Waals surface area contributed by atoms with Gasteiger partial charge in [0.05, 0.1) is 0 Å². The van der Waals surface area contributed by atoms with Crippen molar-refractivity contribution in [1.82, 2.24) is 15.5 Å². The summed E-state index contributed by atoms with van der Waals surface area (Å²) in [5.41, 5.74) is 3.00.